The van der Waals surface area contributed by atoms with Crippen LogP contribution in [0.15, 0.2) is 41.3 Å². The monoisotopic (exact) mass is 412 g/mol. The van der Waals surface area contributed by atoms with Crippen LogP contribution in [-0.2, 0) is 11.3 Å². The molecule has 1 aliphatic rings. The highest BCUT2D eigenvalue weighted by atomic mass is 32.2. The van der Waals surface area contributed by atoms with Gasteiger partial charge in [-0.25, -0.2) is 4.39 Å². The molecular weight excluding hydrogens is 388 g/mol. The zero-order valence-electron chi connectivity index (χ0n) is 16.8. The minimum atomic E-state index is -0.515. The summed E-state index contributed by atoms with van der Waals surface area (Å²) in [5.41, 5.74) is 3.48. The molecule has 152 valence electrons. The van der Waals surface area contributed by atoms with E-state index in [2.05, 4.69) is 4.98 Å². The SMILES string of the molecule is CCN(CC)C(=O)C1Sc2ccccc2-c2c1c1ccc(OC)nc1n2CC[18F]. The molecular formula is C22H24FN3O2S. The second-order valence-electron chi connectivity index (χ2n) is 6.83. The van der Waals surface area contributed by atoms with Crippen LogP contribution >= 0.6 is 11.8 Å². The number of fused-ring (bicyclic) bond motifs is 5. The maximum Gasteiger partial charge on any atom is 0.240 e. The number of nitrogens with zero attached hydrogens (tertiary/aromatic N) is 3. The van der Waals surface area contributed by atoms with Crippen LogP contribution in [-0.4, -0.2) is 47.2 Å². The largest absolute Gasteiger partial charge is 0.481 e. The smallest absolute Gasteiger partial charge is 0.240 e. The molecule has 1 unspecified atom stereocenters. The molecule has 2 aromatic heterocycles. The third-order valence-corrected chi connectivity index (χ3v) is 6.67. The maximum atomic E-state index is 13.5. The molecule has 0 N–H and O–H groups in total. The van der Waals surface area contributed by atoms with E-state index in [9.17, 15) is 9.18 Å². The van der Waals surface area contributed by atoms with E-state index in [0.717, 1.165) is 27.1 Å². The lowest BCUT2D eigenvalue weighted by Crippen LogP contribution is -2.34. The second-order valence-corrected chi connectivity index (χ2v) is 7.98. The maximum absolute atomic E-state index is 13.5. The highest BCUT2D eigenvalue weighted by molar-refractivity contribution is 8.00. The molecule has 1 aliphatic heterocycles. The van der Waals surface area contributed by atoms with Crippen molar-refractivity contribution in [1.29, 1.82) is 0 Å². The van der Waals surface area contributed by atoms with Gasteiger partial charge in [0.05, 0.1) is 19.3 Å². The van der Waals surface area contributed by atoms with Gasteiger partial charge in [0.15, 0.2) is 0 Å². The van der Waals surface area contributed by atoms with E-state index < -0.39 is 11.9 Å². The average Bonchev–Trinajstić information content (AvgIpc) is 3.08. The summed E-state index contributed by atoms with van der Waals surface area (Å²) in [6.45, 7) is 4.94. The molecule has 29 heavy (non-hydrogen) atoms. The fourth-order valence-corrected chi connectivity index (χ4v) is 5.33. The Balaban J connectivity index is 2.04. The van der Waals surface area contributed by atoms with Crippen LogP contribution in [0, 0.1) is 0 Å². The molecule has 1 aromatic carbocycles. The lowest BCUT2D eigenvalue weighted by Gasteiger charge is -2.29. The Morgan fingerprint density at radius 2 is 2.00 bits per heavy atom. The van der Waals surface area contributed by atoms with Crippen LogP contribution in [0.4, 0.5) is 4.39 Å². The first-order valence-corrected chi connectivity index (χ1v) is 10.7. The minimum absolute atomic E-state index is 0.0749. The molecule has 0 radical (unpaired) electrons. The van der Waals surface area contributed by atoms with E-state index in [0.29, 0.717) is 24.6 Å². The van der Waals surface area contributed by atoms with Crippen LogP contribution < -0.4 is 4.74 Å². The van der Waals surface area contributed by atoms with E-state index in [1.807, 2.05) is 53.6 Å². The molecule has 1 atom stereocenters. The van der Waals surface area contributed by atoms with Crippen molar-refractivity contribution in [3.8, 4) is 17.1 Å². The fraction of sp³-hybridized carbons (Fsp3) is 0.364. The summed E-state index contributed by atoms with van der Waals surface area (Å²) in [5, 5.41) is 0.486. The second kappa shape index (κ2) is 8.06. The fourth-order valence-electron chi connectivity index (χ4n) is 4.02. The molecule has 0 saturated heterocycles. The van der Waals surface area contributed by atoms with Crippen LogP contribution in [0.3, 0.4) is 0 Å². The molecule has 0 saturated carbocycles. The van der Waals surface area contributed by atoms with Gasteiger partial charge in [0.25, 0.3) is 0 Å². The molecule has 0 spiro atoms. The number of amides is 1. The predicted molar refractivity (Wildman–Crippen MR) is 114 cm³/mol. The first-order valence-electron chi connectivity index (χ1n) is 9.82. The van der Waals surface area contributed by atoms with Gasteiger partial charge in [0.1, 0.15) is 17.6 Å². The molecule has 1 amide bonds. The van der Waals surface area contributed by atoms with Crippen LogP contribution in [0.1, 0.15) is 24.7 Å². The lowest BCUT2D eigenvalue weighted by molar-refractivity contribution is -0.130. The van der Waals surface area contributed by atoms with E-state index >= 15 is 0 Å². The quantitative estimate of drug-likeness (QED) is 0.589. The summed E-state index contributed by atoms with van der Waals surface area (Å²) in [4.78, 5) is 20.9. The summed E-state index contributed by atoms with van der Waals surface area (Å²) in [6.07, 6.45) is 0. The van der Waals surface area contributed by atoms with Gasteiger partial charge < -0.3 is 14.2 Å². The molecule has 0 bridgehead atoms. The number of halogens is 1. The molecule has 3 heterocycles. The van der Waals surface area contributed by atoms with Crippen molar-refractivity contribution in [3.05, 3.63) is 42.0 Å². The number of pyridine rings is 1. The number of benzene rings is 1. The number of rotatable bonds is 6. The number of carbonyl (C=O) groups excluding carboxylic acids is 1. The van der Waals surface area contributed by atoms with Gasteiger partial charge in [-0.15, -0.1) is 11.8 Å². The van der Waals surface area contributed by atoms with Crippen molar-refractivity contribution in [2.24, 2.45) is 0 Å². The molecule has 3 aromatic rings. The van der Waals surface area contributed by atoms with Crippen molar-refractivity contribution in [2.45, 2.75) is 30.5 Å². The number of carbonyl (C=O) groups is 1. The minimum Gasteiger partial charge on any atom is -0.481 e. The number of aryl methyl sites for hydroxylation is 1. The first kappa shape index (κ1) is 19.8. The van der Waals surface area contributed by atoms with Gasteiger partial charge in [-0.2, -0.15) is 4.98 Å². The third-order valence-electron chi connectivity index (χ3n) is 5.39. The Hall–Kier alpha value is -2.54. The summed E-state index contributed by atoms with van der Waals surface area (Å²) >= 11 is 1.57. The summed E-state index contributed by atoms with van der Waals surface area (Å²) in [7, 11) is 1.56. The Morgan fingerprint density at radius 3 is 2.69 bits per heavy atom. The molecule has 4 rings (SSSR count). The van der Waals surface area contributed by atoms with Crippen LogP contribution in [0.2, 0.25) is 0 Å². The van der Waals surface area contributed by atoms with Crippen molar-refractivity contribution in [3.63, 3.8) is 0 Å². The first-order chi connectivity index (χ1) is 14.1. The van der Waals surface area contributed by atoms with Gasteiger partial charge in [-0.1, -0.05) is 18.2 Å². The number of ether oxygens (including phenoxy) is 1. The van der Waals surface area contributed by atoms with Gasteiger partial charge in [0.2, 0.25) is 11.8 Å². The van der Waals surface area contributed by atoms with Gasteiger partial charge in [-0.3, -0.25) is 4.79 Å². The molecule has 7 heteroatoms. The number of methoxy groups -OCH3 is 1. The summed E-state index contributed by atoms with van der Waals surface area (Å²) in [5.74, 6) is 0.547. The highest BCUT2D eigenvalue weighted by Crippen LogP contribution is 2.53. The van der Waals surface area contributed by atoms with Gasteiger partial charge >= 0.3 is 0 Å². The summed E-state index contributed by atoms with van der Waals surface area (Å²) in [6, 6.07) is 11.7. The summed E-state index contributed by atoms with van der Waals surface area (Å²) < 4.78 is 20.7. The lowest BCUT2D eigenvalue weighted by atomic mass is 10.0. The molecule has 0 aliphatic carbocycles. The average molecular weight is 413 g/mol. The van der Waals surface area contributed by atoms with Crippen molar-refractivity contribution >= 4 is 28.7 Å². The zero-order valence-corrected chi connectivity index (χ0v) is 17.6. The van der Waals surface area contributed by atoms with Gasteiger partial charge in [0, 0.05) is 40.6 Å². The Kier molecular flexibility index (Phi) is 5.50. The standard InChI is InChI=1S/C22H24FN3O2S/c1-4-25(5-2)22(27)20-18-15-10-11-17(28-3)24-21(15)26(13-12-23)19(18)14-8-6-7-9-16(14)29-20/h6-11,20H,4-5,12-13H2,1-3H3/i23-1. The molecule has 0 fully saturated rings. The normalized spacial score (nSPS) is 15.1. The van der Waals surface area contributed by atoms with Crippen LogP contribution in [0.25, 0.3) is 22.3 Å². The van der Waals surface area contributed by atoms with Crippen LogP contribution in [0.5, 0.6) is 5.88 Å². The highest BCUT2D eigenvalue weighted by Gasteiger charge is 2.37. The number of aromatic nitrogens is 2. The third kappa shape index (κ3) is 3.17. The van der Waals surface area contributed by atoms with E-state index in [1.54, 1.807) is 24.9 Å². The van der Waals surface area contributed by atoms with Crippen molar-refractivity contribution < 1.29 is 13.9 Å². The van der Waals surface area contributed by atoms with Crippen molar-refractivity contribution in [2.75, 3.05) is 26.9 Å². The van der Waals surface area contributed by atoms with E-state index in [4.69, 9.17) is 4.74 Å². The number of thioether (sulfide) groups is 1. The molecule has 5 nitrogen and oxygen atoms in total. The Labute approximate surface area is 173 Å². The number of hydrogen-bond donors (Lipinski definition) is 0. The predicted octanol–water partition coefficient (Wildman–Crippen LogP) is 4.70. The van der Waals surface area contributed by atoms with Crippen molar-refractivity contribution in [1.82, 2.24) is 14.5 Å². The number of likely N-dealkylation sites (N-methyl/N-ethyl adjacent to an activating group) is 1. The number of hydrogen-bond acceptors (Lipinski definition) is 4. The van der Waals surface area contributed by atoms with Gasteiger partial charge in [-0.05, 0) is 26.0 Å². The van der Waals surface area contributed by atoms with E-state index in [1.165, 1.54) is 0 Å². The Morgan fingerprint density at radius 1 is 1.24 bits per heavy atom. The number of alkyl halides is 1. The topological polar surface area (TPSA) is 47.4 Å². The van der Waals surface area contributed by atoms with E-state index in [-0.39, 0.29) is 12.5 Å². The zero-order chi connectivity index (χ0) is 20.5. The Bertz CT molecular complexity index is 1060.